The molecule has 19 nitrogen and oxygen atoms in total. The smallest absolute Gasteiger partial charge is 0.305 e. The van der Waals surface area contributed by atoms with E-state index in [9.17, 15) is 38.4 Å². The summed E-state index contributed by atoms with van der Waals surface area (Å²) in [7, 11) is 0. The first-order valence-corrected chi connectivity index (χ1v) is 14.2. The highest BCUT2D eigenvalue weighted by Crippen LogP contribution is 2.35. The van der Waals surface area contributed by atoms with Crippen LogP contribution in [0.1, 0.15) is 55.4 Å². The minimum atomic E-state index is -1.83. The summed E-state index contributed by atoms with van der Waals surface area (Å²) in [5, 5.41) is 0. The molecule has 0 saturated carbocycles. The van der Waals surface area contributed by atoms with Gasteiger partial charge in [-0.25, -0.2) is 0 Å². The van der Waals surface area contributed by atoms with E-state index in [-0.39, 0.29) is 0 Å². The van der Waals surface area contributed by atoms with Crippen molar-refractivity contribution in [1.82, 2.24) is 0 Å². The van der Waals surface area contributed by atoms with Crippen LogP contribution in [0, 0.1) is 0 Å². The highest BCUT2D eigenvalue weighted by molar-refractivity contribution is 5.70. The normalized spacial score (nSPS) is 30.0. The third-order valence-electron chi connectivity index (χ3n) is 6.17. The molecular weight excluding hydrogens is 640 g/mol. The van der Waals surface area contributed by atoms with Crippen LogP contribution in [-0.4, -0.2) is 122 Å². The maximum absolute atomic E-state index is 12.3. The van der Waals surface area contributed by atoms with Crippen molar-refractivity contribution in [3.8, 4) is 0 Å². The number of esters is 8. The van der Waals surface area contributed by atoms with Crippen molar-refractivity contribution in [1.29, 1.82) is 0 Å². The Labute approximate surface area is 268 Å². The molecule has 0 bridgehead atoms. The molecule has 47 heavy (non-hydrogen) atoms. The highest BCUT2D eigenvalue weighted by atomic mass is 16.8. The topological polar surface area (TPSA) is 238 Å². The van der Waals surface area contributed by atoms with Gasteiger partial charge in [-0.3, -0.25) is 38.4 Å². The molecule has 0 spiro atoms. The maximum Gasteiger partial charge on any atom is 0.305 e. The lowest BCUT2D eigenvalue weighted by atomic mass is 9.96. The van der Waals surface area contributed by atoms with E-state index in [0.29, 0.717) is 0 Å². The Kier molecular flexibility index (Phi) is 14.5. The van der Waals surface area contributed by atoms with E-state index in [0.717, 1.165) is 55.4 Å². The van der Waals surface area contributed by atoms with Crippen LogP contribution in [0.2, 0.25) is 0 Å². The van der Waals surface area contributed by atoms with Gasteiger partial charge in [-0.2, -0.15) is 0 Å². The Morgan fingerprint density at radius 1 is 0.383 bits per heavy atom. The Morgan fingerprint density at radius 2 is 0.702 bits per heavy atom. The van der Waals surface area contributed by atoms with Gasteiger partial charge in [0, 0.05) is 55.4 Å². The molecule has 0 N–H and O–H groups in total. The minimum absolute atomic E-state index is 0.590. The lowest BCUT2D eigenvalue weighted by Gasteiger charge is -2.48. The molecule has 19 heteroatoms. The summed E-state index contributed by atoms with van der Waals surface area (Å²) in [6, 6.07) is 0. The number of rotatable bonds is 12. The summed E-state index contributed by atoms with van der Waals surface area (Å²) in [5.41, 5.74) is 0. The van der Waals surface area contributed by atoms with Crippen LogP contribution >= 0.6 is 0 Å². The summed E-state index contributed by atoms with van der Waals surface area (Å²) < 4.78 is 60.2. The Bertz CT molecular complexity index is 1200. The molecule has 2 aliphatic rings. The molecule has 2 rings (SSSR count). The second kappa shape index (κ2) is 17.5. The van der Waals surface area contributed by atoms with Crippen molar-refractivity contribution >= 4 is 47.8 Å². The van der Waals surface area contributed by atoms with E-state index >= 15 is 0 Å². The third-order valence-corrected chi connectivity index (χ3v) is 6.17. The predicted molar refractivity (Wildman–Crippen MR) is 145 cm³/mol. The van der Waals surface area contributed by atoms with Crippen molar-refractivity contribution < 1.29 is 90.5 Å². The van der Waals surface area contributed by atoms with Gasteiger partial charge in [0.25, 0.3) is 0 Å². The molecule has 0 aromatic heterocycles. The zero-order valence-corrected chi connectivity index (χ0v) is 26.9. The maximum atomic E-state index is 12.3. The van der Waals surface area contributed by atoms with E-state index < -0.39 is 122 Å². The van der Waals surface area contributed by atoms with Crippen LogP contribution in [0.4, 0.5) is 0 Å². The third kappa shape index (κ3) is 12.1. The SMILES string of the molecule is CC(=O)OCC1OC(OC2C(COC(C)=O)OC(OC(C)=O)C(OC(C)=O)C2OC(C)=O)C(OC(C)=O)C(OC(C)=O)C1OC(C)=O. The van der Waals surface area contributed by atoms with Crippen molar-refractivity contribution in [3.05, 3.63) is 0 Å². The van der Waals surface area contributed by atoms with Gasteiger partial charge >= 0.3 is 47.8 Å². The van der Waals surface area contributed by atoms with E-state index in [1.807, 2.05) is 0 Å². The zero-order chi connectivity index (χ0) is 35.6. The van der Waals surface area contributed by atoms with Crippen LogP contribution in [0.15, 0.2) is 0 Å². The van der Waals surface area contributed by atoms with Gasteiger partial charge in [0.15, 0.2) is 30.7 Å². The lowest BCUT2D eigenvalue weighted by Crippen LogP contribution is -2.67. The van der Waals surface area contributed by atoms with Crippen LogP contribution in [0.3, 0.4) is 0 Å². The molecule has 264 valence electrons. The summed E-state index contributed by atoms with van der Waals surface area (Å²) in [4.78, 5) is 96.3. The first kappa shape index (κ1) is 38.8. The summed E-state index contributed by atoms with van der Waals surface area (Å²) in [6.45, 7) is 7.05. The van der Waals surface area contributed by atoms with Gasteiger partial charge in [0.2, 0.25) is 12.4 Å². The number of carbonyl (C=O) groups is 8. The minimum Gasteiger partial charge on any atom is -0.463 e. The fraction of sp³-hybridized carbons (Fsp3) is 0.714. The van der Waals surface area contributed by atoms with Gasteiger partial charge in [0.1, 0.15) is 31.5 Å². The zero-order valence-electron chi connectivity index (χ0n) is 26.9. The summed E-state index contributed by atoms with van der Waals surface area (Å²) in [5.74, 6) is -7.02. The lowest BCUT2D eigenvalue weighted by molar-refractivity contribution is -0.357. The fourth-order valence-corrected chi connectivity index (χ4v) is 4.73. The standard InChI is InChI=1S/C28H38O19/c1-11(29)37-9-19-21(39-13(3)31)23(40-14(4)32)26(43-17(7)35)28(46-19)47-22-20(10-38-12(2)30)45-27(44-18(8)36)25(42-16(6)34)24(22)41-15(5)33/h19-28H,9-10H2,1-8H3. The first-order chi connectivity index (χ1) is 21.9. The van der Waals surface area contributed by atoms with Crippen LogP contribution in [0.5, 0.6) is 0 Å². The van der Waals surface area contributed by atoms with E-state index in [4.69, 9.17) is 52.1 Å². The molecule has 0 radical (unpaired) electrons. The second-order valence-corrected chi connectivity index (χ2v) is 10.3. The van der Waals surface area contributed by atoms with E-state index in [1.54, 1.807) is 0 Å². The Balaban J connectivity index is 2.73. The molecule has 2 saturated heterocycles. The number of hydrogen-bond acceptors (Lipinski definition) is 19. The van der Waals surface area contributed by atoms with Crippen LogP contribution in [0.25, 0.3) is 0 Å². The summed E-state index contributed by atoms with van der Waals surface area (Å²) >= 11 is 0. The Hall–Kier alpha value is -4.36. The number of hydrogen-bond donors (Lipinski definition) is 0. The largest absolute Gasteiger partial charge is 0.463 e. The van der Waals surface area contributed by atoms with Gasteiger partial charge in [-0.15, -0.1) is 0 Å². The summed E-state index contributed by atoms with van der Waals surface area (Å²) in [6.07, 6.45) is -16.3. The average molecular weight is 679 g/mol. The van der Waals surface area contributed by atoms with E-state index in [1.165, 1.54) is 0 Å². The first-order valence-electron chi connectivity index (χ1n) is 14.2. The number of ether oxygens (including phenoxy) is 11. The molecule has 0 aromatic carbocycles. The van der Waals surface area contributed by atoms with Crippen LogP contribution in [-0.2, 0) is 90.5 Å². The number of carbonyl (C=O) groups excluding carboxylic acids is 8. The van der Waals surface area contributed by atoms with Gasteiger partial charge in [0.05, 0.1) is 0 Å². The predicted octanol–water partition coefficient (Wildman–Crippen LogP) is -0.831. The van der Waals surface area contributed by atoms with Crippen molar-refractivity contribution in [2.75, 3.05) is 13.2 Å². The van der Waals surface area contributed by atoms with Gasteiger partial charge in [-0.1, -0.05) is 0 Å². The molecule has 2 fully saturated rings. The molecule has 0 aromatic rings. The molecule has 0 amide bonds. The molecule has 2 heterocycles. The molecule has 10 atom stereocenters. The fourth-order valence-electron chi connectivity index (χ4n) is 4.73. The molecule has 2 aliphatic heterocycles. The molecular formula is C28H38O19. The van der Waals surface area contributed by atoms with Crippen LogP contribution < -0.4 is 0 Å². The quantitative estimate of drug-likeness (QED) is 0.181. The highest BCUT2D eigenvalue weighted by Gasteiger charge is 2.58. The second-order valence-electron chi connectivity index (χ2n) is 10.3. The van der Waals surface area contributed by atoms with Crippen molar-refractivity contribution in [2.45, 2.75) is 117 Å². The molecule has 0 aliphatic carbocycles. The van der Waals surface area contributed by atoms with Gasteiger partial charge in [-0.05, 0) is 0 Å². The van der Waals surface area contributed by atoms with Gasteiger partial charge < -0.3 is 52.1 Å². The average Bonchev–Trinajstić information content (AvgIpc) is 2.91. The molecule has 10 unspecified atom stereocenters. The van der Waals surface area contributed by atoms with Crippen molar-refractivity contribution in [2.24, 2.45) is 0 Å². The Morgan fingerprint density at radius 3 is 1.11 bits per heavy atom. The van der Waals surface area contributed by atoms with Crippen molar-refractivity contribution in [3.63, 3.8) is 0 Å². The monoisotopic (exact) mass is 678 g/mol. The van der Waals surface area contributed by atoms with E-state index in [2.05, 4.69) is 0 Å².